The number of aliphatic carboxylic acids is 1. The van der Waals surface area contributed by atoms with Crippen molar-refractivity contribution in [3.63, 3.8) is 0 Å². The summed E-state index contributed by atoms with van der Waals surface area (Å²) < 4.78 is 16.7. The number of para-hydroxylation sites is 2. The van der Waals surface area contributed by atoms with E-state index >= 15 is 0 Å². The van der Waals surface area contributed by atoms with Crippen molar-refractivity contribution in [3.05, 3.63) is 47.1 Å². The first-order valence-electron chi connectivity index (χ1n) is 8.10. The molecule has 1 N–H and O–H groups in total. The predicted molar refractivity (Wildman–Crippen MR) is 97.2 cm³/mol. The van der Waals surface area contributed by atoms with E-state index in [-0.39, 0.29) is 10.1 Å². The van der Waals surface area contributed by atoms with Crippen molar-refractivity contribution in [2.24, 2.45) is 0 Å². The minimum atomic E-state index is -1.07. The largest absolute Gasteiger partial charge is 0.477 e. The second kappa shape index (κ2) is 7.27. The summed E-state index contributed by atoms with van der Waals surface area (Å²) in [5.74, 6) is 0.102. The molecule has 3 aromatic rings. The molecule has 1 saturated heterocycles. The van der Waals surface area contributed by atoms with E-state index in [0.29, 0.717) is 36.0 Å². The van der Waals surface area contributed by atoms with E-state index in [1.807, 2.05) is 24.3 Å². The topological polar surface area (TPSA) is 88.9 Å². The highest BCUT2D eigenvalue weighted by Gasteiger charge is 2.17. The Bertz CT molecular complexity index is 922. The summed E-state index contributed by atoms with van der Waals surface area (Å²) in [4.78, 5) is 18.0. The van der Waals surface area contributed by atoms with Gasteiger partial charge in [0, 0.05) is 25.2 Å². The van der Waals surface area contributed by atoms with Crippen LogP contribution in [0.25, 0.3) is 17.2 Å². The number of furan rings is 1. The van der Waals surface area contributed by atoms with E-state index in [4.69, 9.17) is 13.6 Å². The standard InChI is InChI=1S/C18H16N2O5S/c21-17(22)15(26-18-19-13-3-1-2-4-14(13)25-18)11-12-5-6-16(24-12)20-7-9-23-10-8-20/h1-6,11H,7-10H2,(H,21,22)/b15-11-. The fourth-order valence-electron chi connectivity index (χ4n) is 2.63. The number of carbonyl (C=O) groups is 1. The molecule has 134 valence electrons. The van der Waals surface area contributed by atoms with Crippen LogP contribution in [0.5, 0.6) is 0 Å². The van der Waals surface area contributed by atoms with Gasteiger partial charge >= 0.3 is 5.97 Å². The first-order chi connectivity index (χ1) is 12.7. The Morgan fingerprint density at radius 1 is 1.15 bits per heavy atom. The Morgan fingerprint density at radius 3 is 2.73 bits per heavy atom. The van der Waals surface area contributed by atoms with Crippen molar-refractivity contribution < 1.29 is 23.5 Å². The number of benzene rings is 1. The first-order valence-corrected chi connectivity index (χ1v) is 8.91. The molecule has 0 saturated carbocycles. The Hall–Kier alpha value is -2.71. The number of oxazole rings is 1. The second-order valence-electron chi connectivity index (χ2n) is 5.64. The highest BCUT2D eigenvalue weighted by molar-refractivity contribution is 8.03. The van der Waals surface area contributed by atoms with Gasteiger partial charge < -0.3 is 23.6 Å². The van der Waals surface area contributed by atoms with Crippen molar-refractivity contribution in [1.82, 2.24) is 4.98 Å². The van der Waals surface area contributed by atoms with Gasteiger partial charge in [-0.25, -0.2) is 9.78 Å². The van der Waals surface area contributed by atoms with E-state index in [1.54, 1.807) is 12.1 Å². The van der Waals surface area contributed by atoms with Gasteiger partial charge in [0.2, 0.25) is 0 Å². The van der Waals surface area contributed by atoms with Gasteiger partial charge in [-0.2, -0.15) is 0 Å². The van der Waals surface area contributed by atoms with Gasteiger partial charge in [-0.15, -0.1) is 0 Å². The third kappa shape index (κ3) is 3.61. The molecule has 0 atom stereocenters. The van der Waals surface area contributed by atoms with Crippen molar-refractivity contribution in [3.8, 4) is 0 Å². The molecular weight excluding hydrogens is 356 g/mol. The number of hydrogen-bond acceptors (Lipinski definition) is 7. The van der Waals surface area contributed by atoms with Gasteiger partial charge in [0.15, 0.2) is 11.5 Å². The smallest absolute Gasteiger partial charge is 0.342 e. The van der Waals surface area contributed by atoms with Crippen LogP contribution in [-0.4, -0.2) is 42.4 Å². The van der Waals surface area contributed by atoms with Crippen molar-refractivity contribution in [2.45, 2.75) is 5.22 Å². The molecule has 3 heterocycles. The maximum Gasteiger partial charge on any atom is 0.342 e. The predicted octanol–water partition coefficient (Wildman–Crippen LogP) is 3.48. The summed E-state index contributed by atoms with van der Waals surface area (Å²) in [7, 11) is 0. The van der Waals surface area contributed by atoms with Crippen LogP contribution in [-0.2, 0) is 9.53 Å². The summed E-state index contributed by atoms with van der Waals surface area (Å²) >= 11 is 0.952. The van der Waals surface area contributed by atoms with E-state index in [2.05, 4.69) is 9.88 Å². The molecule has 0 spiro atoms. The van der Waals surface area contributed by atoms with Gasteiger partial charge in [-0.1, -0.05) is 12.1 Å². The summed E-state index contributed by atoms with van der Waals surface area (Å²) in [5, 5.41) is 9.78. The molecule has 1 aliphatic heterocycles. The van der Waals surface area contributed by atoms with Crippen LogP contribution < -0.4 is 4.90 Å². The number of rotatable bonds is 5. The molecule has 1 aromatic carbocycles. The van der Waals surface area contributed by atoms with Crippen LogP contribution in [0.15, 0.2) is 55.4 Å². The number of nitrogens with zero attached hydrogens (tertiary/aromatic N) is 2. The average Bonchev–Trinajstić information content (AvgIpc) is 3.28. The third-order valence-corrected chi connectivity index (χ3v) is 4.75. The van der Waals surface area contributed by atoms with Gasteiger partial charge in [-0.3, -0.25) is 0 Å². The van der Waals surface area contributed by atoms with Crippen LogP contribution in [0.1, 0.15) is 5.76 Å². The number of morpholine rings is 1. The normalized spacial score (nSPS) is 15.5. The Kier molecular flexibility index (Phi) is 4.68. The number of aromatic nitrogens is 1. The summed E-state index contributed by atoms with van der Waals surface area (Å²) in [6, 6.07) is 10.9. The fraction of sp³-hybridized carbons (Fsp3) is 0.222. The van der Waals surface area contributed by atoms with E-state index < -0.39 is 5.97 Å². The fourth-order valence-corrected chi connectivity index (χ4v) is 3.35. The SMILES string of the molecule is O=C(O)/C(=C/c1ccc(N2CCOCC2)o1)Sc1nc2ccccc2o1. The lowest BCUT2D eigenvalue weighted by Crippen LogP contribution is -2.35. The lowest BCUT2D eigenvalue weighted by Gasteiger charge is -2.26. The Morgan fingerprint density at radius 2 is 1.96 bits per heavy atom. The molecule has 1 aliphatic rings. The molecule has 1 fully saturated rings. The Balaban J connectivity index is 1.55. The van der Waals surface area contributed by atoms with E-state index in [0.717, 1.165) is 24.9 Å². The van der Waals surface area contributed by atoms with Crippen LogP contribution in [0.3, 0.4) is 0 Å². The van der Waals surface area contributed by atoms with Crippen LogP contribution in [0, 0.1) is 0 Å². The highest BCUT2D eigenvalue weighted by atomic mass is 32.2. The maximum atomic E-state index is 11.6. The van der Waals surface area contributed by atoms with Gasteiger partial charge in [0.05, 0.1) is 13.2 Å². The number of carboxylic acid groups (broad SMARTS) is 1. The van der Waals surface area contributed by atoms with Gasteiger partial charge in [0.25, 0.3) is 5.22 Å². The number of anilines is 1. The van der Waals surface area contributed by atoms with Crippen molar-refractivity contribution in [1.29, 1.82) is 0 Å². The molecule has 8 heteroatoms. The van der Waals surface area contributed by atoms with Gasteiger partial charge in [0.1, 0.15) is 16.2 Å². The molecule has 7 nitrogen and oxygen atoms in total. The monoisotopic (exact) mass is 372 g/mol. The number of fused-ring (bicyclic) bond motifs is 1. The summed E-state index contributed by atoms with van der Waals surface area (Å²) in [6.45, 7) is 2.81. The molecule has 0 aliphatic carbocycles. The Labute approximate surface area is 153 Å². The number of ether oxygens (including phenoxy) is 1. The van der Waals surface area contributed by atoms with Crippen LogP contribution >= 0.6 is 11.8 Å². The molecule has 0 bridgehead atoms. The van der Waals surface area contributed by atoms with E-state index in [1.165, 1.54) is 6.08 Å². The molecule has 0 radical (unpaired) electrons. The molecular formula is C18H16N2O5S. The number of hydrogen-bond donors (Lipinski definition) is 1. The molecule has 2 aromatic heterocycles. The first kappa shape index (κ1) is 16.7. The molecule has 4 rings (SSSR count). The van der Waals surface area contributed by atoms with Crippen LogP contribution in [0.4, 0.5) is 5.88 Å². The summed E-state index contributed by atoms with van der Waals surface area (Å²) in [5.41, 5.74) is 1.31. The zero-order valence-electron chi connectivity index (χ0n) is 13.8. The second-order valence-corrected chi connectivity index (χ2v) is 6.63. The van der Waals surface area contributed by atoms with Gasteiger partial charge in [-0.05, 0) is 30.0 Å². The third-order valence-electron chi connectivity index (χ3n) is 3.89. The number of carboxylic acids is 1. The zero-order chi connectivity index (χ0) is 17.9. The lowest BCUT2D eigenvalue weighted by atomic mass is 10.3. The highest BCUT2D eigenvalue weighted by Crippen LogP contribution is 2.31. The maximum absolute atomic E-state index is 11.6. The van der Waals surface area contributed by atoms with Crippen molar-refractivity contribution >= 4 is 40.8 Å². The number of thioether (sulfide) groups is 1. The van der Waals surface area contributed by atoms with Crippen LogP contribution in [0.2, 0.25) is 0 Å². The zero-order valence-corrected chi connectivity index (χ0v) is 14.6. The summed E-state index contributed by atoms with van der Waals surface area (Å²) in [6.07, 6.45) is 1.48. The average molecular weight is 372 g/mol. The minimum absolute atomic E-state index is 0.0689. The van der Waals surface area contributed by atoms with E-state index in [9.17, 15) is 9.90 Å². The lowest BCUT2D eigenvalue weighted by molar-refractivity contribution is -0.131. The quantitative estimate of drug-likeness (QED) is 0.538. The molecule has 26 heavy (non-hydrogen) atoms. The molecule has 0 amide bonds. The van der Waals surface area contributed by atoms with Crippen molar-refractivity contribution in [2.75, 3.05) is 31.2 Å². The molecule has 0 unspecified atom stereocenters. The minimum Gasteiger partial charge on any atom is -0.477 e.